The summed E-state index contributed by atoms with van der Waals surface area (Å²) < 4.78 is 0. The van der Waals surface area contributed by atoms with E-state index in [-0.39, 0.29) is 0 Å². The van der Waals surface area contributed by atoms with Gasteiger partial charge in [-0.3, -0.25) is 0 Å². The van der Waals surface area contributed by atoms with Gasteiger partial charge in [-0.25, -0.2) is 0 Å². The molecule has 0 aliphatic heterocycles. The molecule has 2 atom stereocenters. The molecule has 0 saturated carbocycles. The van der Waals surface area contributed by atoms with E-state index in [1.54, 1.807) is 0 Å². The molecular weight excluding hydrogens is 336 g/mol. The van der Waals surface area contributed by atoms with E-state index in [0.717, 1.165) is 0 Å². The van der Waals surface area contributed by atoms with Crippen LogP contribution in [0.25, 0.3) is 22.3 Å². The topological polar surface area (TPSA) is 0 Å². The first-order valence-electron chi connectivity index (χ1n) is 10.1. The van der Waals surface area contributed by atoms with Gasteiger partial charge in [-0.1, -0.05) is 96.1 Å². The van der Waals surface area contributed by atoms with E-state index in [1.807, 2.05) is 0 Å². The molecule has 0 N–H and O–H groups in total. The number of aryl methyl sites for hydroxylation is 2. The quantitative estimate of drug-likeness (QED) is 0.337. The van der Waals surface area contributed by atoms with Crippen LogP contribution in [0.3, 0.4) is 0 Å². The Balaban J connectivity index is 1.68. The Morgan fingerprint density at radius 2 is 0.821 bits per heavy atom. The highest BCUT2D eigenvalue weighted by molar-refractivity contribution is 5.85. The molecule has 6 rings (SSSR count). The van der Waals surface area contributed by atoms with Gasteiger partial charge in [0.25, 0.3) is 0 Å². The minimum atomic E-state index is 0.371. The summed E-state index contributed by atoms with van der Waals surface area (Å²) in [5, 5.41) is 0. The summed E-state index contributed by atoms with van der Waals surface area (Å²) in [6.45, 7) is 4.42. The lowest BCUT2D eigenvalue weighted by Gasteiger charge is -2.24. The lowest BCUT2D eigenvalue weighted by atomic mass is 9.78. The monoisotopic (exact) mass is 358 g/mol. The highest BCUT2D eigenvalue weighted by Crippen LogP contribution is 2.58. The molecule has 0 spiro atoms. The zero-order valence-corrected chi connectivity index (χ0v) is 16.2. The van der Waals surface area contributed by atoms with Crippen LogP contribution in [-0.4, -0.2) is 0 Å². The Kier molecular flexibility index (Phi) is 3.23. The van der Waals surface area contributed by atoms with E-state index in [1.165, 1.54) is 55.6 Å². The summed E-state index contributed by atoms with van der Waals surface area (Å²) in [7, 11) is 0. The fourth-order valence-corrected chi connectivity index (χ4v) is 5.45. The van der Waals surface area contributed by atoms with E-state index in [0.29, 0.717) is 11.8 Å². The Morgan fingerprint density at radius 1 is 0.429 bits per heavy atom. The summed E-state index contributed by atoms with van der Waals surface area (Å²) in [6, 6.07) is 32.0. The van der Waals surface area contributed by atoms with Crippen LogP contribution in [0.1, 0.15) is 45.2 Å². The van der Waals surface area contributed by atoms with E-state index in [9.17, 15) is 0 Å². The summed E-state index contributed by atoms with van der Waals surface area (Å²) in [6.07, 6.45) is 0. The van der Waals surface area contributed by atoms with E-state index in [4.69, 9.17) is 0 Å². The van der Waals surface area contributed by atoms with Gasteiger partial charge in [0.05, 0.1) is 0 Å². The maximum absolute atomic E-state index is 2.41. The van der Waals surface area contributed by atoms with Crippen LogP contribution in [0.4, 0.5) is 0 Å². The SMILES string of the molecule is Cc1ccc2c(c1)C(C1c3ccccc3-c3ccc(C)cc31)c1ccccc1-2. The van der Waals surface area contributed by atoms with E-state index >= 15 is 0 Å². The molecule has 0 fully saturated rings. The van der Waals surface area contributed by atoms with Gasteiger partial charge in [-0.2, -0.15) is 0 Å². The van der Waals surface area contributed by atoms with Gasteiger partial charge in [-0.15, -0.1) is 0 Å². The van der Waals surface area contributed by atoms with Gasteiger partial charge in [0.2, 0.25) is 0 Å². The number of hydrogen-bond donors (Lipinski definition) is 0. The first-order valence-corrected chi connectivity index (χ1v) is 10.1. The van der Waals surface area contributed by atoms with Crippen LogP contribution >= 0.6 is 0 Å². The summed E-state index contributed by atoms with van der Waals surface area (Å²) in [4.78, 5) is 0. The third-order valence-electron chi connectivity index (χ3n) is 6.59. The molecule has 0 radical (unpaired) electrons. The highest BCUT2D eigenvalue weighted by atomic mass is 14.4. The second-order valence-electron chi connectivity index (χ2n) is 8.31. The summed E-state index contributed by atoms with van der Waals surface area (Å²) in [5.74, 6) is 0.741. The molecule has 0 heterocycles. The standard InChI is InChI=1S/C28H22/c1-17-11-13-21-19-7-3-5-9-23(19)27(25(21)15-17)28-24-10-6-4-8-20(24)22-14-12-18(2)16-26(22)28/h3-16,27-28H,1-2H3. The Bertz CT molecular complexity index is 1150. The molecule has 0 aromatic heterocycles. The average molecular weight is 358 g/mol. The molecule has 28 heavy (non-hydrogen) atoms. The second kappa shape index (κ2) is 5.69. The van der Waals surface area contributed by atoms with Crippen LogP contribution in [0.2, 0.25) is 0 Å². The molecule has 4 aromatic rings. The predicted molar refractivity (Wildman–Crippen MR) is 117 cm³/mol. The van der Waals surface area contributed by atoms with Gasteiger partial charge in [0.1, 0.15) is 0 Å². The summed E-state index contributed by atoms with van der Waals surface area (Å²) >= 11 is 0. The van der Waals surface area contributed by atoms with Crippen molar-refractivity contribution in [3.05, 3.63) is 118 Å². The van der Waals surface area contributed by atoms with Crippen molar-refractivity contribution in [2.45, 2.75) is 25.7 Å². The molecule has 2 aliphatic rings. The zero-order chi connectivity index (χ0) is 18.8. The number of fused-ring (bicyclic) bond motifs is 6. The van der Waals surface area contributed by atoms with Crippen molar-refractivity contribution in [3.8, 4) is 22.3 Å². The average Bonchev–Trinajstić information content (AvgIpc) is 3.19. The molecule has 0 amide bonds. The number of rotatable bonds is 1. The lowest BCUT2D eigenvalue weighted by molar-refractivity contribution is 0.722. The zero-order valence-electron chi connectivity index (χ0n) is 16.2. The maximum atomic E-state index is 2.41. The highest BCUT2D eigenvalue weighted by Gasteiger charge is 2.40. The first-order chi connectivity index (χ1) is 13.7. The minimum Gasteiger partial charge on any atom is -0.0619 e. The molecule has 0 heteroatoms. The number of benzene rings is 4. The molecule has 0 nitrogen and oxygen atoms in total. The third-order valence-corrected chi connectivity index (χ3v) is 6.59. The van der Waals surface area contributed by atoms with Crippen molar-refractivity contribution in [2.75, 3.05) is 0 Å². The molecule has 2 unspecified atom stereocenters. The molecular formula is C28H22. The molecule has 4 aromatic carbocycles. The normalized spacial score (nSPS) is 18.4. The van der Waals surface area contributed by atoms with Crippen LogP contribution < -0.4 is 0 Å². The second-order valence-corrected chi connectivity index (χ2v) is 8.31. The predicted octanol–water partition coefficient (Wildman–Crippen LogP) is 7.23. The Morgan fingerprint density at radius 3 is 1.29 bits per heavy atom. The smallest absolute Gasteiger partial charge is 0.0212 e. The molecule has 0 saturated heterocycles. The molecule has 2 aliphatic carbocycles. The van der Waals surface area contributed by atoms with Crippen molar-refractivity contribution < 1.29 is 0 Å². The van der Waals surface area contributed by atoms with Gasteiger partial charge in [0.15, 0.2) is 0 Å². The van der Waals surface area contributed by atoms with Gasteiger partial charge < -0.3 is 0 Å². The van der Waals surface area contributed by atoms with Crippen molar-refractivity contribution in [2.24, 2.45) is 0 Å². The van der Waals surface area contributed by atoms with Crippen LogP contribution in [0.15, 0.2) is 84.9 Å². The van der Waals surface area contributed by atoms with Crippen molar-refractivity contribution in [3.63, 3.8) is 0 Å². The Labute approximate surface area is 166 Å². The van der Waals surface area contributed by atoms with E-state index < -0.39 is 0 Å². The number of hydrogen-bond acceptors (Lipinski definition) is 0. The van der Waals surface area contributed by atoms with Crippen molar-refractivity contribution in [1.29, 1.82) is 0 Å². The maximum Gasteiger partial charge on any atom is 0.0212 e. The van der Waals surface area contributed by atoms with Crippen LogP contribution in [-0.2, 0) is 0 Å². The Hall–Kier alpha value is -3.12. The fraction of sp³-hybridized carbons (Fsp3) is 0.143. The minimum absolute atomic E-state index is 0.371. The van der Waals surface area contributed by atoms with E-state index in [2.05, 4.69) is 98.8 Å². The first kappa shape index (κ1) is 15.9. The lowest BCUT2D eigenvalue weighted by Crippen LogP contribution is -2.10. The third kappa shape index (κ3) is 2.06. The fourth-order valence-electron chi connectivity index (χ4n) is 5.45. The van der Waals surface area contributed by atoms with Crippen LogP contribution in [0, 0.1) is 13.8 Å². The van der Waals surface area contributed by atoms with Gasteiger partial charge in [0, 0.05) is 11.8 Å². The van der Waals surface area contributed by atoms with Crippen molar-refractivity contribution >= 4 is 0 Å². The van der Waals surface area contributed by atoms with Gasteiger partial charge in [-0.05, 0) is 58.4 Å². The van der Waals surface area contributed by atoms with Crippen LogP contribution in [0.5, 0.6) is 0 Å². The molecule has 0 bridgehead atoms. The summed E-state index contributed by atoms with van der Waals surface area (Å²) in [5.41, 5.74) is 14.2. The van der Waals surface area contributed by atoms with Gasteiger partial charge >= 0.3 is 0 Å². The molecule has 134 valence electrons. The van der Waals surface area contributed by atoms with Crippen molar-refractivity contribution in [1.82, 2.24) is 0 Å². The largest absolute Gasteiger partial charge is 0.0619 e.